The summed E-state index contributed by atoms with van der Waals surface area (Å²) in [7, 11) is -4.13. The first-order chi connectivity index (χ1) is 12.6. The Morgan fingerprint density at radius 3 is 2.44 bits per heavy atom. The number of carbonyl (C=O) groups excluding carboxylic acids is 2. The molecule has 0 bridgehead atoms. The van der Waals surface area contributed by atoms with Gasteiger partial charge in [0.1, 0.15) is 5.25 Å². The highest BCUT2D eigenvalue weighted by molar-refractivity contribution is 8.01. The number of aryl methyl sites for hydroxylation is 2. The fraction of sp³-hybridized carbons (Fsp3) is 0.263. The Labute approximate surface area is 161 Å². The number of amides is 1. The molecule has 1 amide bonds. The third-order valence-corrected chi connectivity index (χ3v) is 6.49. The molecule has 1 heterocycles. The van der Waals surface area contributed by atoms with E-state index in [0.717, 1.165) is 16.7 Å². The lowest BCUT2D eigenvalue weighted by Crippen LogP contribution is -2.26. The molecule has 1 atom stereocenters. The second-order valence-corrected chi connectivity index (χ2v) is 9.39. The van der Waals surface area contributed by atoms with Crippen molar-refractivity contribution in [2.45, 2.75) is 25.3 Å². The predicted molar refractivity (Wildman–Crippen MR) is 106 cm³/mol. The molecule has 1 unspecified atom stereocenters. The lowest BCUT2D eigenvalue weighted by molar-refractivity contribution is -0.115. The second kappa shape index (κ2) is 7.60. The predicted octanol–water partition coefficient (Wildman–Crippen LogP) is 3.59. The second-order valence-electron chi connectivity index (χ2n) is 6.65. The van der Waals surface area contributed by atoms with Crippen molar-refractivity contribution in [3.63, 3.8) is 0 Å². The van der Waals surface area contributed by atoms with Crippen LogP contribution in [-0.4, -0.2) is 27.2 Å². The lowest BCUT2D eigenvalue weighted by Gasteiger charge is -2.24. The number of hydrogen-bond donors (Lipinski definition) is 3. The maximum atomic E-state index is 12.8. The van der Waals surface area contributed by atoms with Gasteiger partial charge in [0.15, 0.2) is 5.78 Å². The number of carbonyl (C=O) groups is 2. The van der Waals surface area contributed by atoms with Crippen LogP contribution in [-0.2, 0) is 15.5 Å². The van der Waals surface area contributed by atoms with Crippen molar-refractivity contribution in [2.75, 3.05) is 11.1 Å². The maximum absolute atomic E-state index is 12.8. The number of Topliss-reactive ketones (excluding diaryl/α,β-unsaturated/α-hetero) is 1. The van der Waals surface area contributed by atoms with Crippen molar-refractivity contribution >= 4 is 36.7 Å². The number of hydrogen-bond acceptors (Lipinski definition) is 4. The maximum Gasteiger partial charge on any atom is 0.329 e. The molecular formula is C19H20NO5PS. The van der Waals surface area contributed by atoms with Crippen LogP contribution in [0, 0.1) is 13.8 Å². The number of fused-ring (bicyclic) bond motifs is 1. The number of ketones is 1. The summed E-state index contributed by atoms with van der Waals surface area (Å²) in [5.74, 6) is 0.0677. The van der Waals surface area contributed by atoms with E-state index in [-0.39, 0.29) is 23.6 Å². The van der Waals surface area contributed by atoms with Crippen molar-refractivity contribution < 1.29 is 23.9 Å². The Kier molecular flexibility index (Phi) is 5.58. The van der Waals surface area contributed by atoms with E-state index >= 15 is 0 Å². The highest BCUT2D eigenvalue weighted by Crippen LogP contribution is 2.40. The fourth-order valence-electron chi connectivity index (χ4n) is 2.98. The van der Waals surface area contributed by atoms with E-state index in [4.69, 9.17) is 9.79 Å². The van der Waals surface area contributed by atoms with E-state index in [1.807, 2.05) is 26.0 Å². The summed E-state index contributed by atoms with van der Waals surface area (Å²) in [6.07, 6.45) is -0.339. The summed E-state index contributed by atoms with van der Waals surface area (Å²) in [6, 6.07) is 10.1. The van der Waals surface area contributed by atoms with Gasteiger partial charge < -0.3 is 15.1 Å². The Morgan fingerprint density at radius 1 is 1.19 bits per heavy atom. The van der Waals surface area contributed by atoms with Gasteiger partial charge >= 0.3 is 7.60 Å². The van der Waals surface area contributed by atoms with Gasteiger partial charge in [-0.25, -0.2) is 0 Å². The Bertz CT molecular complexity index is 951. The zero-order valence-corrected chi connectivity index (χ0v) is 16.6. The molecule has 0 aliphatic carbocycles. The van der Waals surface area contributed by atoms with Gasteiger partial charge in [0.25, 0.3) is 0 Å². The van der Waals surface area contributed by atoms with Crippen LogP contribution in [0.2, 0.25) is 0 Å². The van der Waals surface area contributed by atoms with Gasteiger partial charge in [-0.05, 0) is 54.3 Å². The van der Waals surface area contributed by atoms with Gasteiger partial charge in [-0.15, -0.1) is 11.8 Å². The number of nitrogens with one attached hydrogen (secondary N) is 1. The SMILES string of the molecule is Cc1cc2c(cc1C)C(C(=O)Nc1ccc(CP(=O)(O)O)cc1)SCC2=O. The molecule has 6 nitrogen and oxygen atoms in total. The Morgan fingerprint density at radius 2 is 1.81 bits per heavy atom. The average molecular weight is 405 g/mol. The smallest absolute Gasteiger partial charge is 0.325 e. The normalized spacial score (nSPS) is 16.7. The average Bonchev–Trinajstić information content (AvgIpc) is 2.57. The molecule has 3 rings (SSSR count). The fourth-order valence-corrected chi connectivity index (χ4v) is 4.72. The monoisotopic (exact) mass is 405 g/mol. The minimum absolute atomic E-state index is 0.0314. The molecule has 0 saturated heterocycles. The topological polar surface area (TPSA) is 104 Å². The number of rotatable bonds is 4. The van der Waals surface area contributed by atoms with E-state index in [1.54, 1.807) is 24.3 Å². The standard InChI is InChI=1S/C19H20NO5PS/c1-11-7-15-16(8-12(11)2)18(27-10-17(15)21)19(22)20-14-5-3-13(4-6-14)9-26(23,24)25/h3-8,18H,9-10H2,1-2H3,(H,20,22)(H2,23,24,25). The van der Waals surface area contributed by atoms with Crippen molar-refractivity contribution in [3.8, 4) is 0 Å². The first-order valence-electron chi connectivity index (χ1n) is 8.34. The van der Waals surface area contributed by atoms with E-state index in [2.05, 4.69) is 5.32 Å². The molecule has 8 heteroatoms. The van der Waals surface area contributed by atoms with E-state index in [1.165, 1.54) is 11.8 Å². The van der Waals surface area contributed by atoms with Gasteiger partial charge in [-0.2, -0.15) is 0 Å². The van der Waals surface area contributed by atoms with Gasteiger partial charge in [-0.3, -0.25) is 14.2 Å². The van der Waals surface area contributed by atoms with Gasteiger partial charge in [-0.1, -0.05) is 18.2 Å². The van der Waals surface area contributed by atoms with Gasteiger partial charge in [0.2, 0.25) is 5.91 Å². The summed E-state index contributed by atoms with van der Waals surface area (Å²) < 4.78 is 11.1. The highest BCUT2D eigenvalue weighted by atomic mass is 32.2. The van der Waals surface area contributed by atoms with Crippen molar-refractivity contribution in [1.29, 1.82) is 0 Å². The molecule has 3 N–H and O–H groups in total. The summed E-state index contributed by atoms with van der Waals surface area (Å²) in [6.45, 7) is 3.90. The first-order valence-corrected chi connectivity index (χ1v) is 11.2. The van der Waals surface area contributed by atoms with E-state index in [0.29, 0.717) is 16.8 Å². The molecule has 142 valence electrons. The van der Waals surface area contributed by atoms with Crippen LogP contribution in [0.25, 0.3) is 0 Å². The minimum Gasteiger partial charge on any atom is -0.325 e. The summed E-state index contributed by atoms with van der Waals surface area (Å²) in [5.41, 5.74) is 4.43. The van der Waals surface area contributed by atoms with E-state index in [9.17, 15) is 14.2 Å². The van der Waals surface area contributed by atoms with Crippen molar-refractivity contribution in [1.82, 2.24) is 0 Å². The third-order valence-electron chi connectivity index (χ3n) is 4.48. The molecule has 1 aliphatic rings. The largest absolute Gasteiger partial charge is 0.329 e. The molecular weight excluding hydrogens is 385 g/mol. The molecule has 0 fully saturated rings. The summed E-state index contributed by atoms with van der Waals surface area (Å²) >= 11 is 1.30. The lowest BCUT2D eigenvalue weighted by atomic mass is 9.94. The zero-order chi connectivity index (χ0) is 19.8. The minimum atomic E-state index is -4.13. The molecule has 2 aromatic rings. The first kappa shape index (κ1) is 19.8. The van der Waals surface area contributed by atoms with Crippen LogP contribution in [0.15, 0.2) is 36.4 Å². The van der Waals surface area contributed by atoms with Crippen LogP contribution in [0.3, 0.4) is 0 Å². The summed E-state index contributed by atoms with van der Waals surface area (Å²) in [4.78, 5) is 43.0. The number of benzene rings is 2. The van der Waals surface area contributed by atoms with Crippen LogP contribution < -0.4 is 5.32 Å². The van der Waals surface area contributed by atoms with Gasteiger partial charge in [0.05, 0.1) is 11.9 Å². The molecule has 0 radical (unpaired) electrons. The van der Waals surface area contributed by atoms with Crippen molar-refractivity contribution in [3.05, 3.63) is 64.2 Å². The molecule has 1 aliphatic heterocycles. The van der Waals surface area contributed by atoms with E-state index < -0.39 is 12.8 Å². The van der Waals surface area contributed by atoms with Crippen LogP contribution >= 0.6 is 19.4 Å². The number of anilines is 1. The van der Waals surface area contributed by atoms with Gasteiger partial charge in [0, 0.05) is 11.3 Å². The van der Waals surface area contributed by atoms with Crippen LogP contribution in [0.4, 0.5) is 5.69 Å². The summed E-state index contributed by atoms with van der Waals surface area (Å²) in [5, 5.41) is 2.35. The van der Waals surface area contributed by atoms with Crippen LogP contribution in [0.1, 0.15) is 37.9 Å². The molecule has 27 heavy (non-hydrogen) atoms. The molecule has 0 aromatic heterocycles. The molecule has 0 spiro atoms. The third kappa shape index (κ3) is 4.68. The quantitative estimate of drug-likeness (QED) is 0.672. The Hall–Kier alpha value is -1.92. The van der Waals surface area contributed by atoms with Crippen molar-refractivity contribution in [2.24, 2.45) is 0 Å². The van der Waals surface area contributed by atoms with Crippen LogP contribution in [0.5, 0.6) is 0 Å². The zero-order valence-electron chi connectivity index (χ0n) is 14.9. The molecule has 0 saturated carbocycles. The number of thioether (sulfide) groups is 1. The highest BCUT2D eigenvalue weighted by Gasteiger charge is 2.31. The molecule has 2 aromatic carbocycles. The Balaban J connectivity index is 1.79.